The highest BCUT2D eigenvalue weighted by Crippen LogP contribution is 2.23. The van der Waals surface area contributed by atoms with Crippen LogP contribution in [0, 0.1) is 0 Å². The molecule has 0 radical (unpaired) electrons. The normalized spacial score (nSPS) is 22.9. The Morgan fingerprint density at radius 1 is 1.59 bits per heavy atom. The molecule has 0 aliphatic carbocycles. The average Bonchev–Trinajstić information content (AvgIpc) is 2.21. The quantitative estimate of drug-likeness (QED) is 0.743. The molecule has 1 fully saturated rings. The summed E-state index contributed by atoms with van der Waals surface area (Å²) in [6.45, 7) is 8.25. The van der Waals surface area contributed by atoms with Gasteiger partial charge in [-0.3, -0.25) is 9.59 Å². The van der Waals surface area contributed by atoms with Crippen molar-refractivity contribution in [2.75, 3.05) is 13.1 Å². The highest BCUT2D eigenvalue weighted by Gasteiger charge is 2.44. The van der Waals surface area contributed by atoms with Gasteiger partial charge in [0.1, 0.15) is 5.54 Å². The fraction of sp³-hybridized carbons (Fsp3) is 0.833. The topological polar surface area (TPSA) is 75.4 Å². The second-order valence-electron chi connectivity index (χ2n) is 5.44. The van der Waals surface area contributed by atoms with Crippen molar-refractivity contribution >= 4 is 11.8 Å². The van der Waals surface area contributed by atoms with Gasteiger partial charge in [0.25, 0.3) is 0 Å². The number of nitrogens with one attached hydrogen (secondary N) is 1. The predicted molar refractivity (Wildman–Crippen MR) is 66.3 cm³/mol. The van der Waals surface area contributed by atoms with E-state index < -0.39 is 11.1 Å². The first-order valence-corrected chi connectivity index (χ1v) is 6.12. The molecule has 5 heteroatoms. The molecule has 0 saturated carbocycles. The Kier molecular flexibility index (Phi) is 3.81. The minimum absolute atomic E-state index is 0.121. The van der Waals surface area contributed by atoms with Crippen molar-refractivity contribution in [2.24, 2.45) is 5.73 Å². The summed E-state index contributed by atoms with van der Waals surface area (Å²) in [6.07, 6.45) is 1.47. The Balaban J connectivity index is 2.91. The summed E-state index contributed by atoms with van der Waals surface area (Å²) in [4.78, 5) is 25.8. The van der Waals surface area contributed by atoms with Crippen molar-refractivity contribution in [1.29, 1.82) is 0 Å². The van der Waals surface area contributed by atoms with Crippen LogP contribution in [0.4, 0.5) is 0 Å². The molecule has 1 saturated heterocycles. The second kappa shape index (κ2) is 4.64. The molecule has 1 heterocycles. The molecule has 1 aliphatic heterocycles. The Labute approximate surface area is 103 Å². The van der Waals surface area contributed by atoms with E-state index in [0.29, 0.717) is 19.5 Å². The number of rotatable bonds is 3. The van der Waals surface area contributed by atoms with Crippen LogP contribution in [0.5, 0.6) is 0 Å². The summed E-state index contributed by atoms with van der Waals surface area (Å²) in [6, 6.07) is 0. The van der Waals surface area contributed by atoms with Crippen molar-refractivity contribution in [2.45, 2.75) is 51.6 Å². The molecular weight excluding hydrogens is 218 g/mol. The average molecular weight is 241 g/mol. The summed E-state index contributed by atoms with van der Waals surface area (Å²) >= 11 is 0. The highest BCUT2D eigenvalue weighted by atomic mass is 16.2. The number of hydrogen-bond donors (Lipinski definition) is 2. The van der Waals surface area contributed by atoms with E-state index in [4.69, 9.17) is 5.73 Å². The zero-order chi connectivity index (χ0) is 13.3. The summed E-state index contributed by atoms with van der Waals surface area (Å²) in [7, 11) is 0. The molecule has 0 aromatic carbocycles. The molecule has 1 rings (SSSR count). The standard InChI is InChI=1S/C12H23N3O2/c1-5-6-12(4,13)10(17)15-8-7-14-9(16)11(15,2)3/h5-8,13H2,1-4H3,(H,14,16). The molecule has 1 atom stereocenters. The van der Waals surface area contributed by atoms with Gasteiger partial charge in [-0.1, -0.05) is 13.3 Å². The van der Waals surface area contributed by atoms with Crippen molar-refractivity contribution < 1.29 is 9.59 Å². The maximum atomic E-state index is 12.4. The molecule has 0 aromatic rings. The van der Waals surface area contributed by atoms with Gasteiger partial charge in [0.2, 0.25) is 11.8 Å². The van der Waals surface area contributed by atoms with Crippen molar-refractivity contribution in [3.05, 3.63) is 0 Å². The van der Waals surface area contributed by atoms with Gasteiger partial charge >= 0.3 is 0 Å². The van der Waals surface area contributed by atoms with E-state index in [9.17, 15) is 9.59 Å². The predicted octanol–water partition coefficient (Wildman–Crippen LogP) is 0.241. The van der Waals surface area contributed by atoms with Crippen LogP contribution in [-0.2, 0) is 9.59 Å². The lowest BCUT2D eigenvalue weighted by molar-refractivity contribution is -0.152. The number of hydrogen-bond acceptors (Lipinski definition) is 3. The van der Waals surface area contributed by atoms with Gasteiger partial charge in [0, 0.05) is 13.1 Å². The van der Waals surface area contributed by atoms with Crippen molar-refractivity contribution in [3.8, 4) is 0 Å². The molecule has 0 aromatic heterocycles. The van der Waals surface area contributed by atoms with E-state index in [2.05, 4.69) is 5.32 Å². The van der Waals surface area contributed by atoms with Crippen LogP contribution in [0.1, 0.15) is 40.5 Å². The van der Waals surface area contributed by atoms with E-state index in [1.807, 2.05) is 6.92 Å². The number of amides is 2. The fourth-order valence-corrected chi connectivity index (χ4v) is 2.19. The fourth-order valence-electron chi connectivity index (χ4n) is 2.19. The largest absolute Gasteiger partial charge is 0.352 e. The minimum atomic E-state index is -0.885. The lowest BCUT2D eigenvalue weighted by atomic mass is 9.91. The third kappa shape index (κ3) is 2.60. The van der Waals surface area contributed by atoms with Gasteiger partial charge in [0.05, 0.1) is 5.54 Å². The maximum Gasteiger partial charge on any atom is 0.245 e. The van der Waals surface area contributed by atoms with Gasteiger partial charge in [-0.05, 0) is 27.2 Å². The number of nitrogens with zero attached hydrogens (tertiary/aromatic N) is 1. The first kappa shape index (κ1) is 14.0. The zero-order valence-electron chi connectivity index (χ0n) is 11.2. The number of carbonyl (C=O) groups excluding carboxylic acids is 2. The smallest absolute Gasteiger partial charge is 0.245 e. The molecule has 98 valence electrons. The third-order valence-corrected chi connectivity index (χ3v) is 3.35. The van der Waals surface area contributed by atoms with E-state index in [0.717, 1.165) is 6.42 Å². The number of piperazine rings is 1. The SMILES string of the molecule is CCCC(C)(N)C(=O)N1CCNC(=O)C1(C)C. The van der Waals surface area contributed by atoms with Gasteiger partial charge in [-0.2, -0.15) is 0 Å². The Bertz CT molecular complexity index is 324. The first-order chi connectivity index (χ1) is 7.73. The molecular formula is C12H23N3O2. The van der Waals surface area contributed by atoms with Crippen molar-refractivity contribution in [1.82, 2.24) is 10.2 Å². The summed E-state index contributed by atoms with van der Waals surface area (Å²) in [5.74, 6) is -0.261. The number of nitrogens with two attached hydrogens (primary N) is 1. The maximum absolute atomic E-state index is 12.4. The zero-order valence-corrected chi connectivity index (χ0v) is 11.2. The van der Waals surface area contributed by atoms with Gasteiger partial charge in [0.15, 0.2) is 0 Å². The summed E-state index contributed by atoms with van der Waals surface area (Å²) in [5.41, 5.74) is 4.34. The molecule has 3 N–H and O–H groups in total. The van der Waals surface area contributed by atoms with Crippen LogP contribution in [0.25, 0.3) is 0 Å². The molecule has 17 heavy (non-hydrogen) atoms. The van der Waals surface area contributed by atoms with Gasteiger partial charge < -0.3 is 16.0 Å². The monoisotopic (exact) mass is 241 g/mol. The molecule has 0 bridgehead atoms. The van der Waals surface area contributed by atoms with Crippen LogP contribution in [0.15, 0.2) is 0 Å². The highest BCUT2D eigenvalue weighted by molar-refractivity contribution is 5.95. The Hall–Kier alpha value is -1.10. The van der Waals surface area contributed by atoms with E-state index in [-0.39, 0.29) is 11.8 Å². The molecule has 2 amide bonds. The lowest BCUT2D eigenvalue weighted by Gasteiger charge is -2.44. The molecule has 0 spiro atoms. The van der Waals surface area contributed by atoms with Crippen LogP contribution < -0.4 is 11.1 Å². The van der Waals surface area contributed by atoms with Crippen molar-refractivity contribution in [3.63, 3.8) is 0 Å². The van der Waals surface area contributed by atoms with Crippen LogP contribution in [-0.4, -0.2) is 40.9 Å². The molecule has 1 unspecified atom stereocenters. The Morgan fingerprint density at radius 3 is 2.71 bits per heavy atom. The van der Waals surface area contributed by atoms with Crippen LogP contribution >= 0.6 is 0 Å². The van der Waals surface area contributed by atoms with Gasteiger partial charge in [-0.15, -0.1) is 0 Å². The number of carbonyl (C=O) groups is 2. The second-order valence-corrected chi connectivity index (χ2v) is 5.44. The molecule has 5 nitrogen and oxygen atoms in total. The minimum Gasteiger partial charge on any atom is -0.352 e. The third-order valence-electron chi connectivity index (χ3n) is 3.35. The molecule has 1 aliphatic rings. The van der Waals surface area contributed by atoms with E-state index in [1.54, 1.807) is 25.7 Å². The summed E-state index contributed by atoms with van der Waals surface area (Å²) < 4.78 is 0. The Morgan fingerprint density at radius 2 is 2.18 bits per heavy atom. The van der Waals surface area contributed by atoms with Gasteiger partial charge in [-0.25, -0.2) is 0 Å². The lowest BCUT2D eigenvalue weighted by Crippen LogP contribution is -2.68. The van der Waals surface area contributed by atoms with Crippen LogP contribution in [0.3, 0.4) is 0 Å². The first-order valence-electron chi connectivity index (χ1n) is 6.12. The van der Waals surface area contributed by atoms with Crippen LogP contribution in [0.2, 0.25) is 0 Å². The van der Waals surface area contributed by atoms with E-state index in [1.165, 1.54) is 0 Å². The summed E-state index contributed by atoms with van der Waals surface area (Å²) in [5, 5.41) is 2.77. The van der Waals surface area contributed by atoms with E-state index >= 15 is 0 Å².